The van der Waals surface area contributed by atoms with Crippen LogP contribution in [-0.2, 0) is 0 Å². The van der Waals surface area contributed by atoms with E-state index >= 15 is 0 Å². The fourth-order valence-corrected chi connectivity index (χ4v) is 2.82. The average Bonchev–Trinajstić information content (AvgIpc) is 2.36. The molecule has 0 bridgehead atoms. The summed E-state index contributed by atoms with van der Waals surface area (Å²) >= 11 is 10.1. The number of benzene rings is 2. The number of urea groups is 1. The van der Waals surface area contributed by atoms with Crippen LogP contribution in [0.2, 0.25) is 0 Å². The van der Waals surface area contributed by atoms with E-state index in [9.17, 15) is 4.79 Å². The van der Waals surface area contributed by atoms with Crippen LogP contribution in [-0.4, -0.2) is 6.03 Å². The van der Waals surface area contributed by atoms with Gasteiger partial charge in [-0.3, -0.25) is 0 Å². The largest absolute Gasteiger partial charge is 0.323 e. The lowest BCUT2D eigenvalue weighted by atomic mass is 10.3. The molecule has 0 aliphatic heterocycles. The standard InChI is InChI=1S/C13H9Br3N2O/c14-8-1-4-10(5-2-8)17-13(19)18-12-6-3-9(15)7-11(12)16/h1-7H,(H2,17,18,19). The molecule has 3 nitrogen and oxygen atoms in total. The van der Waals surface area contributed by atoms with Crippen LogP contribution in [0, 0.1) is 0 Å². The number of nitrogens with one attached hydrogen (secondary N) is 2. The molecule has 0 aliphatic carbocycles. The van der Waals surface area contributed by atoms with Gasteiger partial charge in [-0.25, -0.2) is 4.79 Å². The Bertz CT molecular complexity index is 599. The summed E-state index contributed by atoms with van der Waals surface area (Å²) in [6.45, 7) is 0. The maximum Gasteiger partial charge on any atom is 0.323 e. The van der Waals surface area contributed by atoms with Crippen molar-refractivity contribution in [2.45, 2.75) is 0 Å². The van der Waals surface area contributed by atoms with Gasteiger partial charge in [0.15, 0.2) is 0 Å². The van der Waals surface area contributed by atoms with Crippen molar-refractivity contribution < 1.29 is 4.79 Å². The van der Waals surface area contributed by atoms with Crippen molar-refractivity contribution in [1.29, 1.82) is 0 Å². The first-order valence-corrected chi connectivity index (χ1v) is 7.71. The number of amides is 2. The number of hydrogen-bond donors (Lipinski definition) is 2. The molecular formula is C13H9Br3N2O. The second-order valence-electron chi connectivity index (χ2n) is 3.71. The van der Waals surface area contributed by atoms with Gasteiger partial charge in [0.05, 0.1) is 5.69 Å². The monoisotopic (exact) mass is 446 g/mol. The van der Waals surface area contributed by atoms with Gasteiger partial charge < -0.3 is 10.6 Å². The van der Waals surface area contributed by atoms with E-state index in [4.69, 9.17) is 0 Å². The van der Waals surface area contributed by atoms with Gasteiger partial charge >= 0.3 is 6.03 Å². The molecule has 0 radical (unpaired) electrons. The Kier molecular flexibility index (Phi) is 5.01. The van der Waals surface area contributed by atoms with Crippen LogP contribution in [0.25, 0.3) is 0 Å². The summed E-state index contributed by atoms with van der Waals surface area (Å²) in [5.41, 5.74) is 1.44. The van der Waals surface area contributed by atoms with Crippen molar-refractivity contribution in [3.63, 3.8) is 0 Å². The molecule has 0 atom stereocenters. The molecule has 98 valence electrons. The first kappa shape index (κ1) is 14.6. The predicted molar refractivity (Wildman–Crippen MR) is 88.6 cm³/mol. The fourth-order valence-electron chi connectivity index (χ4n) is 1.41. The van der Waals surface area contributed by atoms with E-state index in [1.165, 1.54) is 0 Å². The van der Waals surface area contributed by atoms with Crippen LogP contribution in [0.1, 0.15) is 0 Å². The quantitative estimate of drug-likeness (QED) is 0.615. The van der Waals surface area contributed by atoms with Crippen molar-refractivity contribution in [2.24, 2.45) is 0 Å². The van der Waals surface area contributed by atoms with Gasteiger partial charge in [0.25, 0.3) is 0 Å². The molecule has 0 aromatic heterocycles. The third-order valence-corrected chi connectivity index (χ3v) is 3.96. The highest BCUT2D eigenvalue weighted by atomic mass is 79.9. The summed E-state index contributed by atoms with van der Waals surface area (Å²) in [7, 11) is 0. The van der Waals surface area contributed by atoms with Crippen molar-refractivity contribution >= 4 is 65.2 Å². The molecule has 0 fully saturated rings. The molecule has 2 N–H and O–H groups in total. The van der Waals surface area contributed by atoms with Gasteiger partial charge in [-0.05, 0) is 58.4 Å². The molecule has 0 unspecified atom stereocenters. The van der Waals surface area contributed by atoms with Crippen LogP contribution in [0.3, 0.4) is 0 Å². The Balaban J connectivity index is 2.03. The van der Waals surface area contributed by atoms with E-state index in [0.29, 0.717) is 5.69 Å². The molecule has 2 amide bonds. The summed E-state index contributed by atoms with van der Waals surface area (Å²) in [6, 6.07) is 12.6. The summed E-state index contributed by atoms with van der Waals surface area (Å²) in [6.07, 6.45) is 0. The zero-order valence-corrected chi connectivity index (χ0v) is 14.3. The first-order chi connectivity index (χ1) is 9.04. The zero-order valence-electron chi connectivity index (χ0n) is 9.58. The van der Waals surface area contributed by atoms with E-state index in [2.05, 4.69) is 58.4 Å². The van der Waals surface area contributed by atoms with E-state index in [1.54, 1.807) is 0 Å². The van der Waals surface area contributed by atoms with E-state index < -0.39 is 0 Å². The Morgan fingerprint density at radius 3 is 2.11 bits per heavy atom. The predicted octanol–water partition coefficient (Wildman–Crippen LogP) is 5.62. The minimum Gasteiger partial charge on any atom is -0.308 e. The average molecular weight is 449 g/mol. The highest BCUT2D eigenvalue weighted by molar-refractivity contribution is 9.11. The topological polar surface area (TPSA) is 41.1 Å². The summed E-state index contributed by atoms with van der Waals surface area (Å²) in [4.78, 5) is 11.8. The van der Waals surface area contributed by atoms with Crippen LogP contribution < -0.4 is 10.6 Å². The minimum atomic E-state index is -0.287. The van der Waals surface area contributed by atoms with Gasteiger partial charge in [-0.1, -0.05) is 31.9 Å². The molecule has 2 aromatic rings. The van der Waals surface area contributed by atoms with Gasteiger partial charge in [0.2, 0.25) is 0 Å². The van der Waals surface area contributed by atoms with Crippen LogP contribution in [0.4, 0.5) is 16.2 Å². The SMILES string of the molecule is O=C(Nc1ccc(Br)cc1)Nc1ccc(Br)cc1Br. The first-order valence-electron chi connectivity index (χ1n) is 5.33. The number of rotatable bonds is 2. The van der Waals surface area contributed by atoms with Crippen molar-refractivity contribution in [3.05, 3.63) is 55.9 Å². The number of anilines is 2. The molecule has 2 aromatic carbocycles. The lowest BCUT2D eigenvalue weighted by Crippen LogP contribution is -2.19. The minimum absolute atomic E-state index is 0.287. The van der Waals surface area contributed by atoms with Crippen molar-refractivity contribution in [1.82, 2.24) is 0 Å². The van der Waals surface area contributed by atoms with Gasteiger partial charge in [-0.15, -0.1) is 0 Å². The molecule has 0 saturated carbocycles. The third kappa shape index (κ3) is 4.33. The third-order valence-electron chi connectivity index (χ3n) is 2.28. The highest BCUT2D eigenvalue weighted by Gasteiger charge is 2.06. The second kappa shape index (κ2) is 6.54. The number of carbonyl (C=O) groups is 1. The van der Waals surface area contributed by atoms with Gasteiger partial charge in [0, 0.05) is 19.1 Å². The molecule has 19 heavy (non-hydrogen) atoms. The normalized spacial score (nSPS) is 10.1. The Labute approximate surface area is 136 Å². The van der Waals surface area contributed by atoms with E-state index in [1.807, 2.05) is 42.5 Å². The number of hydrogen-bond acceptors (Lipinski definition) is 1. The van der Waals surface area contributed by atoms with Gasteiger partial charge in [-0.2, -0.15) is 0 Å². The van der Waals surface area contributed by atoms with E-state index in [-0.39, 0.29) is 6.03 Å². The van der Waals surface area contributed by atoms with Crippen molar-refractivity contribution in [3.8, 4) is 0 Å². The summed E-state index contributed by atoms with van der Waals surface area (Å²) in [5.74, 6) is 0. The maximum absolute atomic E-state index is 11.8. The number of halogens is 3. The Morgan fingerprint density at radius 2 is 1.47 bits per heavy atom. The molecule has 6 heteroatoms. The number of carbonyl (C=O) groups excluding carboxylic acids is 1. The highest BCUT2D eigenvalue weighted by Crippen LogP contribution is 2.26. The Morgan fingerprint density at radius 1 is 0.842 bits per heavy atom. The molecule has 0 aliphatic rings. The van der Waals surface area contributed by atoms with Gasteiger partial charge in [0.1, 0.15) is 0 Å². The molecule has 0 heterocycles. The smallest absolute Gasteiger partial charge is 0.308 e. The summed E-state index contributed by atoms with van der Waals surface area (Å²) < 4.78 is 2.72. The lowest BCUT2D eigenvalue weighted by Gasteiger charge is -2.09. The molecule has 0 spiro atoms. The fraction of sp³-hybridized carbons (Fsp3) is 0. The van der Waals surface area contributed by atoms with Crippen molar-refractivity contribution in [2.75, 3.05) is 10.6 Å². The second-order valence-corrected chi connectivity index (χ2v) is 6.40. The molecular weight excluding hydrogens is 440 g/mol. The van der Waals surface area contributed by atoms with Crippen LogP contribution >= 0.6 is 47.8 Å². The maximum atomic E-state index is 11.8. The molecule has 0 saturated heterocycles. The lowest BCUT2D eigenvalue weighted by molar-refractivity contribution is 0.262. The summed E-state index contributed by atoms with van der Waals surface area (Å²) in [5, 5.41) is 5.53. The zero-order chi connectivity index (χ0) is 13.8. The van der Waals surface area contributed by atoms with Crippen LogP contribution in [0.5, 0.6) is 0 Å². The molecule has 2 rings (SSSR count). The Hall–Kier alpha value is -0.850. The van der Waals surface area contributed by atoms with E-state index in [0.717, 1.165) is 19.1 Å². The van der Waals surface area contributed by atoms with Crippen LogP contribution in [0.15, 0.2) is 55.9 Å².